The summed E-state index contributed by atoms with van der Waals surface area (Å²) in [6, 6.07) is 17.5. The fourth-order valence-corrected chi connectivity index (χ4v) is 3.36. The largest absolute Gasteiger partial charge is 0.321 e. The van der Waals surface area contributed by atoms with Gasteiger partial charge in [0.1, 0.15) is 5.01 Å². The van der Waals surface area contributed by atoms with Gasteiger partial charge < -0.3 is 5.32 Å². The quantitative estimate of drug-likeness (QED) is 0.563. The number of rotatable bonds is 3. The number of amides is 1. The summed E-state index contributed by atoms with van der Waals surface area (Å²) in [5.41, 5.74) is 2.43. The minimum absolute atomic E-state index is 0.201. The van der Waals surface area contributed by atoms with E-state index in [-0.39, 0.29) is 5.91 Å². The monoisotopic (exact) mass is 331 g/mol. The first-order valence-corrected chi connectivity index (χ1v) is 8.30. The lowest BCUT2D eigenvalue weighted by molar-refractivity contribution is -0.111. The lowest BCUT2D eigenvalue weighted by Crippen LogP contribution is -2.08. The Bertz CT molecular complexity index is 1030. The number of hydrogen-bond donors (Lipinski definition) is 1. The highest BCUT2D eigenvalue weighted by Crippen LogP contribution is 2.23. The van der Waals surface area contributed by atoms with E-state index in [0.29, 0.717) is 5.69 Å². The molecule has 4 nitrogen and oxygen atoms in total. The van der Waals surface area contributed by atoms with Gasteiger partial charge in [-0.15, -0.1) is 11.3 Å². The molecule has 0 fully saturated rings. The minimum atomic E-state index is -0.201. The van der Waals surface area contributed by atoms with Crippen LogP contribution in [0.2, 0.25) is 0 Å². The van der Waals surface area contributed by atoms with Gasteiger partial charge in [-0.1, -0.05) is 30.3 Å². The molecule has 0 saturated carbocycles. The van der Waals surface area contributed by atoms with Gasteiger partial charge in [-0.3, -0.25) is 9.78 Å². The number of aromatic nitrogens is 2. The molecule has 0 atom stereocenters. The number of fused-ring (bicyclic) bond motifs is 2. The molecular weight excluding hydrogens is 318 g/mol. The fraction of sp³-hybridized carbons (Fsp3) is 0. The highest BCUT2D eigenvalue weighted by atomic mass is 32.1. The van der Waals surface area contributed by atoms with Crippen molar-refractivity contribution in [2.75, 3.05) is 5.32 Å². The molecule has 0 saturated heterocycles. The Morgan fingerprint density at radius 2 is 1.92 bits per heavy atom. The van der Waals surface area contributed by atoms with Crippen molar-refractivity contribution < 1.29 is 4.79 Å². The maximum absolute atomic E-state index is 12.2. The van der Waals surface area contributed by atoms with Crippen molar-refractivity contribution in [3.63, 3.8) is 0 Å². The summed E-state index contributed by atoms with van der Waals surface area (Å²) in [5.74, 6) is -0.201. The summed E-state index contributed by atoms with van der Waals surface area (Å²) in [6.45, 7) is 0. The van der Waals surface area contributed by atoms with E-state index >= 15 is 0 Å². The third-order valence-corrected chi connectivity index (χ3v) is 4.58. The Hall–Kier alpha value is -3.05. The van der Waals surface area contributed by atoms with Gasteiger partial charge in [-0.05, 0) is 30.3 Å². The lowest BCUT2D eigenvalue weighted by atomic mass is 10.2. The second-order valence-corrected chi connectivity index (χ2v) is 6.29. The van der Waals surface area contributed by atoms with Crippen LogP contribution >= 0.6 is 11.3 Å². The van der Waals surface area contributed by atoms with Crippen LogP contribution in [0.4, 0.5) is 5.69 Å². The summed E-state index contributed by atoms with van der Waals surface area (Å²) >= 11 is 1.56. The number of carbonyl (C=O) groups excluding carboxylic acids is 1. The van der Waals surface area contributed by atoms with Gasteiger partial charge in [0.2, 0.25) is 5.91 Å². The maximum atomic E-state index is 12.2. The predicted molar refractivity (Wildman–Crippen MR) is 99.0 cm³/mol. The summed E-state index contributed by atoms with van der Waals surface area (Å²) in [5, 5.41) is 4.68. The Morgan fingerprint density at radius 1 is 1.04 bits per heavy atom. The van der Waals surface area contributed by atoms with Crippen molar-refractivity contribution in [1.29, 1.82) is 0 Å². The average Bonchev–Trinajstić information content (AvgIpc) is 3.03. The molecule has 0 bridgehead atoms. The summed E-state index contributed by atoms with van der Waals surface area (Å²) < 4.78 is 1.11. The summed E-state index contributed by atoms with van der Waals surface area (Å²) in [7, 11) is 0. The van der Waals surface area contributed by atoms with Crippen LogP contribution in [0.1, 0.15) is 5.01 Å². The Morgan fingerprint density at radius 3 is 2.83 bits per heavy atom. The number of anilines is 1. The van der Waals surface area contributed by atoms with Gasteiger partial charge >= 0.3 is 0 Å². The highest BCUT2D eigenvalue weighted by Gasteiger charge is 2.05. The summed E-state index contributed by atoms with van der Waals surface area (Å²) in [4.78, 5) is 21.0. The van der Waals surface area contributed by atoms with Crippen LogP contribution in [0.5, 0.6) is 0 Å². The van der Waals surface area contributed by atoms with E-state index in [9.17, 15) is 4.79 Å². The number of benzene rings is 2. The normalized spacial score (nSPS) is 11.3. The first kappa shape index (κ1) is 14.5. The third-order valence-electron chi connectivity index (χ3n) is 3.58. The van der Waals surface area contributed by atoms with Crippen molar-refractivity contribution in [3.05, 3.63) is 71.9 Å². The first-order chi connectivity index (χ1) is 11.8. The predicted octanol–water partition coefficient (Wildman–Crippen LogP) is 4.50. The molecule has 0 unspecified atom stereocenters. The van der Waals surface area contributed by atoms with Gasteiger partial charge in [-0.25, -0.2) is 4.98 Å². The van der Waals surface area contributed by atoms with Crippen molar-refractivity contribution in [3.8, 4) is 0 Å². The zero-order chi connectivity index (χ0) is 16.4. The van der Waals surface area contributed by atoms with Crippen LogP contribution in [0.15, 0.2) is 66.9 Å². The number of carbonyl (C=O) groups is 1. The molecular formula is C19H13N3OS. The van der Waals surface area contributed by atoms with E-state index in [1.165, 1.54) is 6.08 Å². The van der Waals surface area contributed by atoms with Crippen molar-refractivity contribution >= 4 is 50.1 Å². The van der Waals surface area contributed by atoms with E-state index in [4.69, 9.17) is 0 Å². The first-order valence-electron chi connectivity index (χ1n) is 7.48. The Balaban J connectivity index is 1.55. The van der Waals surface area contributed by atoms with Gasteiger partial charge in [0.25, 0.3) is 0 Å². The second kappa shape index (κ2) is 6.22. The molecule has 1 amide bonds. The van der Waals surface area contributed by atoms with Gasteiger partial charge in [0, 0.05) is 17.7 Å². The van der Waals surface area contributed by atoms with E-state index in [1.807, 2.05) is 54.6 Å². The molecule has 0 aliphatic rings. The topological polar surface area (TPSA) is 54.9 Å². The molecule has 0 spiro atoms. The molecule has 4 aromatic rings. The smallest absolute Gasteiger partial charge is 0.248 e. The van der Waals surface area contributed by atoms with Gasteiger partial charge in [0.05, 0.1) is 21.4 Å². The number of thiazole rings is 1. The lowest BCUT2D eigenvalue weighted by Gasteiger charge is -2.05. The van der Waals surface area contributed by atoms with E-state index in [0.717, 1.165) is 26.1 Å². The molecule has 24 heavy (non-hydrogen) atoms. The van der Waals surface area contributed by atoms with E-state index < -0.39 is 0 Å². The minimum Gasteiger partial charge on any atom is -0.321 e. The zero-order valence-electron chi connectivity index (χ0n) is 12.6. The highest BCUT2D eigenvalue weighted by molar-refractivity contribution is 7.19. The third kappa shape index (κ3) is 2.89. The molecule has 2 heterocycles. The second-order valence-electron chi connectivity index (χ2n) is 5.22. The Kier molecular flexibility index (Phi) is 3.76. The van der Waals surface area contributed by atoms with E-state index in [1.54, 1.807) is 23.6 Å². The number of nitrogens with zero attached hydrogens (tertiary/aromatic N) is 2. The maximum Gasteiger partial charge on any atom is 0.248 e. The molecule has 4 rings (SSSR count). The molecule has 1 N–H and O–H groups in total. The van der Waals surface area contributed by atoms with E-state index in [2.05, 4.69) is 15.3 Å². The van der Waals surface area contributed by atoms with Crippen LogP contribution in [0.25, 0.3) is 27.2 Å². The molecule has 0 aliphatic carbocycles. The van der Waals surface area contributed by atoms with Crippen LogP contribution in [0, 0.1) is 0 Å². The zero-order valence-corrected chi connectivity index (χ0v) is 13.5. The van der Waals surface area contributed by atoms with Crippen molar-refractivity contribution in [2.24, 2.45) is 0 Å². The van der Waals surface area contributed by atoms with Crippen LogP contribution in [-0.2, 0) is 4.79 Å². The van der Waals surface area contributed by atoms with Crippen molar-refractivity contribution in [1.82, 2.24) is 9.97 Å². The molecule has 0 radical (unpaired) electrons. The molecule has 116 valence electrons. The fourth-order valence-electron chi connectivity index (χ4n) is 2.49. The van der Waals surface area contributed by atoms with Gasteiger partial charge in [-0.2, -0.15) is 0 Å². The van der Waals surface area contributed by atoms with Gasteiger partial charge in [0.15, 0.2) is 0 Å². The van der Waals surface area contributed by atoms with Crippen LogP contribution < -0.4 is 5.32 Å². The molecule has 0 aliphatic heterocycles. The summed E-state index contributed by atoms with van der Waals surface area (Å²) in [6.07, 6.45) is 4.95. The molecule has 5 heteroatoms. The van der Waals surface area contributed by atoms with Crippen LogP contribution in [0.3, 0.4) is 0 Å². The van der Waals surface area contributed by atoms with Crippen LogP contribution in [-0.4, -0.2) is 15.9 Å². The van der Waals surface area contributed by atoms with Crippen molar-refractivity contribution in [2.45, 2.75) is 0 Å². The molecule has 2 aromatic carbocycles. The average molecular weight is 331 g/mol. The standard InChI is InChI=1S/C19H13N3OS/c23-17(10-11-18-22-14-7-1-2-9-16(14)24-18)21-15-8-3-5-13-6-4-12-20-19(13)15/h1-12H,(H,21,23). The number of nitrogens with one attached hydrogen (secondary N) is 1. The SMILES string of the molecule is O=C(C=Cc1nc2ccccc2s1)Nc1cccc2cccnc12. The number of hydrogen-bond acceptors (Lipinski definition) is 4. The molecule has 2 aromatic heterocycles. The number of para-hydroxylation sites is 2. The Labute approximate surface area is 142 Å². The number of pyridine rings is 1.